The summed E-state index contributed by atoms with van der Waals surface area (Å²) in [7, 11) is -3.33. The van der Waals surface area contributed by atoms with E-state index in [1.165, 1.54) is 0 Å². The van der Waals surface area contributed by atoms with Crippen molar-refractivity contribution in [1.82, 2.24) is 10.6 Å². The van der Waals surface area contributed by atoms with E-state index in [1.807, 2.05) is 0 Å². The molecule has 100 valence electrons. The van der Waals surface area contributed by atoms with Gasteiger partial charge in [0, 0.05) is 0 Å². The van der Waals surface area contributed by atoms with Crippen molar-refractivity contribution in [3.8, 4) is 0 Å². The van der Waals surface area contributed by atoms with E-state index in [1.54, 1.807) is 5.32 Å². The molecule has 2 atom stereocenters. The second-order valence-corrected chi connectivity index (χ2v) is 6.36. The van der Waals surface area contributed by atoms with Crippen LogP contribution in [0.2, 0.25) is 0 Å². The largest absolute Gasteiger partial charge is 0.405 e. The zero-order valence-electron chi connectivity index (χ0n) is 8.42. The van der Waals surface area contributed by atoms with Crippen molar-refractivity contribution >= 4 is 27.5 Å². The number of carbonyl (C=O) groups is 1. The first kappa shape index (κ1) is 14.4. The minimum atomic E-state index is -4.51. The fourth-order valence-electron chi connectivity index (χ4n) is 1.34. The van der Waals surface area contributed by atoms with Gasteiger partial charge in [0.2, 0.25) is 0 Å². The Morgan fingerprint density at radius 2 is 1.94 bits per heavy atom. The minimum absolute atomic E-state index is 0.293. The van der Waals surface area contributed by atoms with Gasteiger partial charge in [-0.2, -0.15) is 13.2 Å². The third-order valence-electron chi connectivity index (χ3n) is 2.05. The summed E-state index contributed by atoms with van der Waals surface area (Å²) in [6.07, 6.45) is -4.51. The molecule has 0 aromatic rings. The van der Waals surface area contributed by atoms with Gasteiger partial charge in [-0.25, -0.2) is 13.2 Å². The van der Waals surface area contributed by atoms with E-state index in [0.717, 1.165) is 0 Å². The lowest BCUT2D eigenvalue weighted by Gasteiger charge is -2.15. The average Bonchev–Trinajstić information content (AvgIpc) is 2.35. The molecule has 0 spiro atoms. The highest BCUT2D eigenvalue weighted by molar-refractivity contribution is 7.91. The lowest BCUT2D eigenvalue weighted by atomic mass is 10.2. The number of halogens is 4. The Morgan fingerprint density at radius 1 is 1.35 bits per heavy atom. The predicted molar refractivity (Wildman–Crippen MR) is 54.7 cm³/mol. The molecule has 1 aliphatic rings. The highest BCUT2D eigenvalue weighted by atomic mass is 35.5. The molecule has 1 heterocycles. The van der Waals surface area contributed by atoms with Crippen molar-refractivity contribution in [3.05, 3.63) is 0 Å². The van der Waals surface area contributed by atoms with Crippen LogP contribution in [0, 0.1) is 0 Å². The molecule has 1 saturated heterocycles. The standard InChI is InChI=1S/C7H10ClF3N2O3S/c8-4-1-17(15,16)2-5(4)13-6(14)12-3-7(9,10)11/h4-5H,1-3H2,(H2,12,13,14). The van der Waals surface area contributed by atoms with Crippen molar-refractivity contribution < 1.29 is 26.4 Å². The molecule has 1 rings (SSSR count). The van der Waals surface area contributed by atoms with Gasteiger partial charge in [0.15, 0.2) is 9.84 Å². The predicted octanol–water partition coefficient (Wildman–Crippen LogP) is 0.252. The van der Waals surface area contributed by atoms with E-state index in [-0.39, 0.29) is 11.5 Å². The quantitative estimate of drug-likeness (QED) is 0.717. The first-order valence-corrected chi connectivity index (χ1v) is 6.80. The highest BCUT2D eigenvalue weighted by Gasteiger charge is 2.37. The van der Waals surface area contributed by atoms with Gasteiger partial charge in [-0.05, 0) is 0 Å². The first-order chi connectivity index (χ1) is 7.59. The molecule has 2 unspecified atom stereocenters. The average molecular weight is 295 g/mol. The van der Waals surface area contributed by atoms with Crippen molar-refractivity contribution in [3.63, 3.8) is 0 Å². The number of sulfone groups is 1. The molecule has 0 aliphatic carbocycles. The molecule has 10 heteroatoms. The zero-order chi connectivity index (χ0) is 13.3. The van der Waals surface area contributed by atoms with Crippen LogP contribution in [0.1, 0.15) is 0 Å². The fraction of sp³-hybridized carbons (Fsp3) is 0.857. The number of rotatable bonds is 2. The minimum Gasteiger partial charge on any atom is -0.333 e. The molecule has 0 radical (unpaired) electrons. The molecule has 2 amide bonds. The van der Waals surface area contributed by atoms with Gasteiger partial charge in [0.05, 0.1) is 22.9 Å². The van der Waals surface area contributed by atoms with Gasteiger partial charge in [-0.3, -0.25) is 0 Å². The molecule has 1 fully saturated rings. The molecule has 2 N–H and O–H groups in total. The Kier molecular flexibility index (Phi) is 4.13. The van der Waals surface area contributed by atoms with E-state index in [2.05, 4.69) is 5.32 Å². The number of hydrogen-bond donors (Lipinski definition) is 2. The maximum atomic E-state index is 11.8. The maximum absolute atomic E-state index is 11.8. The van der Waals surface area contributed by atoms with Crippen LogP contribution in [0.4, 0.5) is 18.0 Å². The van der Waals surface area contributed by atoms with Crippen LogP contribution in [0.25, 0.3) is 0 Å². The van der Waals surface area contributed by atoms with Gasteiger partial charge < -0.3 is 10.6 Å². The SMILES string of the molecule is O=C(NCC(F)(F)F)NC1CS(=O)(=O)CC1Cl. The summed E-state index contributed by atoms with van der Waals surface area (Å²) in [6, 6.07) is -1.95. The Morgan fingerprint density at radius 3 is 2.35 bits per heavy atom. The van der Waals surface area contributed by atoms with E-state index in [0.29, 0.717) is 0 Å². The number of carbonyl (C=O) groups excluding carboxylic acids is 1. The van der Waals surface area contributed by atoms with Gasteiger partial charge in [0.25, 0.3) is 0 Å². The monoisotopic (exact) mass is 294 g/mol. The van der Waals surface area contributed by atoms with E-state index < -0.39 is 40.0 Å². The second-order valence-electron chi connectivity index (χ2n) is 3.64. The van der Waals surface area contributed by atoms with Crippen LogP contribution in [0.5, 0.6) is 0 Å². The van der Waals surface area contributed by atoms with Gasteiger partial charge in [-0.1, -0.05) is 0 Å². The van der Waals surface area contributed by atoms with Crippen LogP contribution >= 0.6 is 11.6 Å². The van der Waals surface area contributed by atoms with Crippen molar-refractivity contribution in [2.45, 2.75) is 17.6 Å². The van der Waals surface area contributed by atoms with Crippen LogP contribution in [-0.4, -0.2) is 50.1 Å². The summed E-state index contributed by atoms with van der Waals surface area (Å²) in [4.78, 5) is 11.0. The fourth-order valence-corrected chi connectivity index (χ4v) is 3.89. The Hall–Kier alpha value is -0.700. The molecule has 5 nitrogen and oxygen atoms in total. The van der Waals surface area contributed by atoms with Gasteiger partial charge in [-0.15, -0.1) is 11.6 Å². The van der Waals surface area contributed by atoms with Gasteiger partial charge in [0.1, 0.15) is 6.54 Å². The lowest BCUT2D eigenvalue weighted by Crippen LogP contribution is -2.48. The molecule has 0 saturated carbocycles. The van der Waals surface area contributed by atoms with Crippen LogP contribution in [-0.2, 0) is 9.84 Å². The number of nitrogens with one attached hydrogen (secondary N) is 2. The summed E-state index contributed by atoms with van der Waals surface area (Å²) in [5.74, 6) is -0.653. The maximum Gasteiger partial charge on any atom is 0.405 e. The molecular formula is C7H10ClF3N2O3S. The first-order valence-electron chi connectivity index (χ1n) is 4.55. The third-order valence-corrected chi connectivity index (χ3v) is 4.42. The molecule has 1 aliphatic heterocycles. The Labute approximate surface area is 101 Å². The van der Waals surface area contributed by atoms with Crippen molar-refractivity contribution in [2.24, 2.45) is 0 Å². The van der Waals surface area contributed by atoms with Crippen molar-refractivity contribution in [1.29, 1.82) is 0 Å². The summed E-state index contributed by atoms with van der Waals surface area (Å²) >= 11 is 5.65. The van der Waals surface area contributed by atoms with Crippen molar-refractivity contribution in [2.75, 3.05) is 18.1 Å². The molecule has 0 bridgehead atoms. The number of hydrogen-bond acceptors (Lipinski definition) is 3. The second kappa shape index (κ2) is 4.89. The smallest absolute Gasteiger partial charge is 0.333 e. The normalized spacial score (nSPS) is 27.8. The molecule has 17 heavy (non-hydrogen) atoms. The van der Waals surface area contributed by atoms with E-state index in [4.69, 9.17) is 11.6 Å². The summed E-state index contributed by atoms with van der Waals surface area (Å²) in [5.41, 5.74) is 0. The third kappa shape index (κ3) is 4.99. The Balaban J connectivity index is 2.42. The summed E-state index contributed by atoms with van der Waals surface area (Å²) < 4.78 is 57.5. The van der Waals surface area contributed by atoms with Crippen LogP contribution in [0.15, 0.2) is 0 Å². The lowest BCUT2D eigenvalue weighted by molar-refractivity contribution is -0.122. The topological polar surface area (TPSA) is 75.3 Å². The summed E-state index contributed by atoms with van der Waals surface area (Å²) in [6.45, 7) is -1.48. The number of urea groups is 1. The number of alkyl halides is 4. The van der Waals surface area contributed by atoms with Gasteiger partial charge >= 0.3 is 12.2 Å². The molecule has 0 aromatic heterocycles. The Bertz CT molecular complexity index is 398. The van der Waals surface area contributed by atoms with Crippen LogP contribution < -0.4 is 10.6 Å². The van der Waals surface area contributed by atoms with E-state index >= 15 is 0 Å². The van der Waals surface area contributed by atoms with Crippen LogP contribution in [0.3, 0.4) is 0 Å². The highest BCUT2D eigenvalue weighted by Crippen LogP contribution is 2.18. The van der Waals surface area contributed by atoms with E-state index in [9.17, 15) is 26.4 Å². The number of amides is 2. The molecule has 0 aromatic carbocycles. The zero-order valence-corrected chi connectivity index (χ0v) is 9.99. The molecular weight excluding hydrogens is 285 g/mol. The summed E-state index contributed by atoms with van der Waals surface area (Å²) in [5, 5.41) is 2.84.